The SMILES string of the molecule is C[C@H]([NH2+]C[C@H]1COc2ccccc2O1)C(=O)Nc1ccc(S(N)(=O)=O)cc1. The van der Waals surface area contributed by atoms with Gasteiger partial charge in [-0.25, -0.2) is 13.6 Å². The number of benzene rings is 2. The Kier molecular flexibility index (Phi) is 5.64. The normalized spacial score (nSPS) is 17.2. The van der Waals surface area contributed by atoms with Crippen molar-refractivity contribution in [2.24, 2.45) is 5.14 Å². The molecule has 144 valence electrons. The molecule has 1 aliphatic rings. The van der Waals surface area contributed by atoms with E-state index < -0.39 is 10.0 Å². The van der Waals surface area contributed by atoms with Crippen molar-refractivity contribution in [3.05, 3.63) is 48.5 Å². The van der Waals surface area contributed by atoms with E-state index in [2.05, 4.69) is 5.32 Å². The summed E-state index contributed by atoms with van der Waals surface area (Å²) in [6, 6.07) is 12.8. The van der Waals surface area contributed by atoms with Gasteiger partial charge in [0.05, 0.1) is 4.90 Å². The number of amides is 1. The number of anilines is 1. The summed E-state index contributed by atoms with van der Waals surface area (Å²) in [4.78, 5) is 12.3. The average Bonchev–Trinajstić information content (AvgIpc) is 2.65. The summed E-state index contributed by atoms with van der Waals surface area (Å²) >= 11 is 0. The summed E-state index contributed by atoms with van der Waals surface area (Å²) in [5.41, 5.74) is 0.499. The van der Waals surface area contributed by atoms with Crippen LogP contribution in [0.15, 0.2) is 53.4 Å². The molecule has 0 saturated heterocycles. The molecular formula is C18H22N3O5S+. The Hall–Kier alpha value is -2.62. The van der Waals surface area contributed by atoms with Crippen LogP contribution < -0.4 is 25.2 Å². The van der Waals surface area contributed by atoms with Gasteiger partial charge in [-0.1, -0.05) is 12.1 Å². The summed E-state index contributed by atoms with van der Waals surface area (Å²) in [5, 5.41) is 9.67. The van der Waals surface area contributed by atoms with E-state index in [-0.39, 0.29) is 22.9 Å². The molecule has 0 fully saturated rings. The van der Waals surface area contributed by atoms with Gasteiger partial charge in [-0.05, 0) is 43.3 Å². The highest BCUT2D eigenvalue weighted by atomic mass is 32.2. The zero-order valence-corrected chi connectivity index (χ0v) is 15.6. The molecule has 0 unspecified atom stereocenters. The summed E-state index contributed by atoms with van der Waals surface area (Å²) in [7, 11) is -3.75. The van der Waals surface area contributed by atoms with Gasteiger partial charge in [0.2, 0.25) is 10.0 Å². The number of carbonyl (C=O) groups is 1. The van der Waals surface area contributed by atoms with Gasteiger partial charge in [-0.15, -0.1) is 0 Å². The molecule has 1 aliphatic heterocycles. The molecule has 0 bridgehead atoms. The highest BCUT2D eigenvalue weighted by Gasteiger charge is 2.24. The van der Waals surface area contributed by atoms with Crippen LogP contribution in [0.1, 0.15) is 6.92 Å². The molecule has 9 heteroatoms. The lowest BCUT2D eigenvalue weighted by atomic mass is 10.2. The fourth-order valence-electron chi connectivity index (χ4n) is 2.63. The van der Waals surface area contributed by atoms with Crippen molar-refractivity contribution in [2.45, 2.75) is 24.0 Å². The molecule has 0 aliphatic carbocycles. The topological polar surface area (TPSA) is 124 Å². The maximum Gasteiger partial charge on any atom is 0.282 e. The first-order valence-corrected chi connectivity index (χ1v) is 10.0. The molecule has 0 saturated carbocycles. The lowest BCUT2D eigenvalue weighted by Gasteiger charge is -2.26. The van der Waals surface area contributed by atoms with E-state index in [0.29, 0.717) is 24.6 Å². The highest BCUT2D eigenvalue weighted by Crippen LogP contribution is 2.30. The van der Waals surface area contributed by atoms with Gasteiger partial charge >= 0.3 is 0 Å². The molecule has 2 atom stereocenters. The minimum Gasteiger partial charge on any atom is -0.486 e. The number of carbonyl (C=O) groups excluding carboxylic acids is 1. The second-order valence-electron chi connectivity index (χ2n) is 6.32. The highest BCUT2D eigenvalue weighted by molar-refractivity contribution is 7.89. The Bertz CT molecular complexity index is 915. The van der Waals surface area contributed by atoms with Crippen LogP contribution in [0.4, 0.5) is 5.69 Å². The minimum atomic E-state index is -3.75. The predicted octanol–water partition coefficient (Wildman–Crippen LogP) is 0.0644. The number of quaternary nitrogens is 1. The van der Waals surface area contributed by atoms with Crippen molar-refractivity contribution in [1.82, 2.24) is 0 Å². The van der Waals surface area contributed by atoms with Crippen LogP contribution in [0.25, 0.3) is 0 Å². The number of rotatable bonds is 6. The molecule has 8 nitrogen and oxygen atoms in total. The Morgan fingerprint density at radius 2 is 1.89 bits per heavy atom. The predicted molar refractivity (Wildman–Crippen MR) is 99.1 cm³/mol. The quantitative estimate of drug-likeness (QED) is 0.641. The third kappa shape index (κ3) is 4.97. The van der Waals surface area contributed by atoms with Gasteiger partial charge < -0.3 is 20.1 Å². The summed E-state index contributed by atoms with van der Waals surface area (Å²) in [6.07, 6.45) is -0.149. The number of primary sulfonamides is 1. The van der Waals surface area contributed by atoms with Crippen LogP contribution in [0.2, 0.25) is 0 Å². The molecule has 0 radical (unpaired) electrons. The second-order valence-corrected chi connectivity index (χ2v) is 7.88. The largest absolute Gasteiger partial charge is 0.486 e. The van der Waals surface area contributed by atoms with Gasteiger partial charge in [0.25, 0.3) is 5.91 Å². The van der Waals surface area contributed by atoms with Crippen molar-refractivity contribution in [1.29, 1.82) is 0 Å². The van der Waals surface area contributed by atoms with E-state index in [1.807, 2.05) is 29.6 Å². The minimum absolute atomic E-state index is 0.00478. The molecular weight excluding hydrogens is 370 g/mol. The van der Waals surface area contributed by atoms with E-state index in [1.165, 1.54) is 24.3 Å². The first kappa shape index (κ1) is 19.2. The third-order valence-corrected chi connectivity index (χ3v) is 5.11. The summed E-state index contributed by atoms with van der Waals surface area (Å²) < 4.78 is 34.0. The van der Waals surface area contributed by atoms with E-state index in [0.717, 1.165) is 5.75 Å². The van der Waals surface area contributed by atoms with Crippen LogP contribution in [-0.4, -0.2) is 39.6 Å². The lowest BCUT2D eigenvalue weighted by Crippen LogP contribution is -2.93. The van der Waals surface area contributed by atoms with Crippen molar-refractivity contribution >= 4 is 21.6 Å². The maximum absolute atomic E-state index is 12.3. The van der Waals surface area contributed by atoms with Crippen molar-refractivity contribution in [2.75, 3.05) is 18.5 Å². The van der Waals surface area contributed by atoms with Gasteiger partial charge in [-0.2, -0.15) is 0 Å². The Labute approximate surface area is 157 Å². The lowest BCUT2D eigenvalue weighted by molar-refractivity contribution is -0.678. The van der Waals surface area contributed by atoms with Crippen LogP contribution in [-0.2, 0) is 14.8 Å². The smallest absolute Gasteiger partial charge is 0.282 e. The summed E-state index contributed by atoms with van der Waals surface area (Å²) in [5.74, 6) is 1.23. The number of hydrogen-bond acceptors (Lipinski definition) is 5. The molecule has 2 aromatic carbocycles. The van der Waals surface area contributed by atoms with Crippen LogP contribution in [0, 0.1) is 0 Å². The fourth-order valence-corrected chi connectivity index (χ4v) is 3.14. The Morgan fingerprint density at radius 1 is 1.22 bits per heavy atom. The van der Waals surface area contributed by atoms with Gasteiger partial charge in [0.1, 0.15) is 13.2 Å². The molecule has 0 spiro atoms. The third-order valence-electron chi connectivity index (χ3n) is 4.18. The molecule has 0 aromatic heterocycles. The average molecular weight is 392 g/mol. The Morgan fingerprint density at radius 3 is 2.56 bits per heavy atom. The van der Waals surface area contributed by atoms with E-state index in [4.69, 9.17) is 14.6 Å². The number of para-hydroxylation sites is 2. The second kappa shape index (κ2) is 7.95. The molecule has 27 heavy (non-hydrogen) atoms. The number of fused-ring (bicyclic) bond motifs is 1. The van der Waals surface area contributed by atoms with E-state index in [1.54, 1.807) is 6.92 Å². The number of nitrogens with one attached hydrogen (secondary N) is 1. The fraction of sp³-hybridized carbons (Fsp3) is 0.278. The van der Waals surface area contributed by atoms with Gasteiger partial charge in [0, 0.05) is 5.69 Å². The van der Waals surface area contributed by atoms with Crippen molar-refractivity contribution in [3.63, 3.8) is 0 Å². The standard InChI is InChI=1S/C18H21N3O5S/c1-12(18(22)21-13-6-8-15(9-7-13)27(19,23)24)20-10-14-11-25-16-4-2-3-5-17(16)26-14/h2-9,12,14,20H,10-11H2,1H3,(H,21,22)(H2,19,23,24)/p+1/t12-,14-/m0/s1. The molecule has 3 rings (SSSR count). The first-order chi connectivity index (χ1) is 12.8. The molecule has 2 aromatic rings. The molecule has 1 heterocycles. The zero-order chi connectivity index (χ0) is 19.4. The van der Waals surface area contributed by atoms with Crippen molar-refractivity contribution < 1.29 is 28.0 Å². The van der Waals surface area contributed by atoms with Crippen LogP contribution in [0.3, 0.4) is 0 Å². The van der Waals surface area contributed by atoms with Crippen molar-refractivity contribution in [3.8, 4) is 11.5 Å². The van der Waals surface area contributed by atoms with Crippen LogP contribution >= 0.6 is 0 Å². The maximum atomic E-state index is 12.3. The van der Waals surface area contributed by atoms with Gasteiger partial charge in [0.15, 0.2) is 23.6 Å². The van der Waals surface area contributed by atoms with E-state index >= 15 is 0 Å². The number of sulfonamides is 1. The zero-order valence-electron chi connectivity index (χ0n) is 14.8. The van der Waals surface area contributed by atoms with E-state index in [9.17, 15) is 13.2 Å². The first-order valence-electron chi connectivity index (χ1n) is 8.48. The van der Waals surface area contributed by atoms with Gasteiger partial charge in [-0.3, -0.25) is 4.79 Å². The Balaban J connectivity index is 1.50. The number of hydrogen-bond donors (Lipinski definition) is 3. The number of nitrogens with two attached hydrogens (primary N) is 2. The van der Waals surface area contributed by atoms with Crippen LogP contribution in [0.5, 0.6) is 11.5 Å². The monoisotopic (exact) mass is 392 g/mol. The molecule has 1 amide bonds. The summed E-state index contributed by atoms with van der Waals surface area (Å²) in [6.45, 7) is 2.77. The molecule has 5 N–H and O–H groups in total. The number of ether oxygens (including phenoxy) is 2.